The van der Waals surface area contributed by atoms with E-state index in [9.17, 15) is 18.0 Å². The summed E-state index contributed by atoms with van der Waals surface area (Å²) in [7, 11) is 0. The number of amides is 1. The number of thioether (sulfide) groups is 1. The topological polar surface area (TPSA) is 70.5 Å². The van der Waals surface area contributed by atoms with Gasteiger partial charge in [0.15, 0.2) is 5.17 Å². The van der Waals surface area contributed by atoms with Crippen molar-refractivity contribution in [2.45, 2.75) is 25.7 Å². The molecular weight excluding hydrogens is 319 g/mol. The zero-order valence-electron chi connectivity index (χ0n) is 11.7. The number of rotatable bonds is 2. The van der Waals surface area contributed by atoms with E-state index in [1.54, 1.807) is 19.9 Å². The van der Waals surface area contributed by atoms with Crippen LogP contribution in [0.2, 0.25) is 0 Å². The van der Waals surface area contributed by atoms with Gasteiger partial charge in [-0.05, 0) is 19.9 Å². The number of anilines is 1. The standard InChI is InChI=1S/C12H12F3N5OS/c1-6-5-7(2)17-9(16-6)18-11(12(13,14)15)8(21)20-3-4-22-10(20)19-11/h5H,3-4H2,1-2H3,(H,16,17,18). The molecule has 3 rings (SSSR count). The first kappa shape index (κ1) is 15.1. The highest BCUT2D eigenvalue weighted by Gasteiger charge is 2.67. The Kier molecular flexibility index (Phi) is 3.31. The average molecular weight is 331 g/mol. The Morgan fingerprint density at radius 2 is 1.95 bits per heavy atom. The van der Waals surface area contributed by atoms with E-state index in [1.165, 1.54) is 0 Å². The number of aliphatic imine (C=N–C) groups is 1. The molecule has 22 heavy (non-hydrogen) atoms. The predicted octanol–water partition coefficient (Wildman–Crippen LogP) is 1.71. The van der Waals surface area contributed by atoms with Gasteiger partial charge < -0.3 is 5.32 Å². The Morgan fingerprint density at radius 1 is 1.32 bits per heavy atom. The predicted molar refractivity (Wildman–Crippen MR) is 75.5 cm³/mol. The summed E-state index contributed by atoms with van der Waals surface area (Å²) in [5, 5.41) is 2.20. The molecule has 0 aliphatic carbocycles. The maximum absolute atomic E-state index is 13.6. The minimum absolute atomic E-state index is 0.0826. The van der Waals surface area contributed by atoms with Crippen LogP contribution in [0.4, 0.5) is 19.1 Å². The van der Waals surface area contributed by atoms with E-state index >= 15 is 0 Å². The van der Waals surface area contributed by atoms with Gasteiger partial charge in [-0.15, -0.1) is 0 Å². The normalized spacial score (nSPS) is 24.5. The van der Waals surface area contributed by atoms with E-state index < -0.39 is 17.7 Å². The fourth-order valence-corrected chi connectivity index (χ4v) is 3.34. The number of hydrogen-bond donors (Lipinski definition) is 1. The summed E-state index contributed by atoms with van der Waals surface area (Å²) in [5.41, 5.74) is -2.05. The number of nitrogens with one attached hydrogen (secondary N) is 1. The molecule has 0 aromatic carbocycles. The third kappa shape index (κ3) is 2.21. The summed E-state index contributed by atoms with van der Waals surface area (Å²) in [6.07, 6.45) is -4.90. The molecule has 1 aromatic rings. The number of carbonyl (C=O) groups is 1. The van der Waals surface area contributed by atoms with Crippen LogP contribution in [0.15, 0.2) is 11.1 Å². The second-order valence-electron chi connectivity index (χ2n) is 5.01. The number of aryl methyl sites for hydroxylation is 2. The molecule has 2 aliphatic heterocycles. The van der Waals surface area contributed by atoms with Crippen molar-refractivity contribution in [2.24, 2.45) is 4.99 Å². The highest BCUT2D eigenvalue weighted by molar-refractivity contribution is 8.14. The summed E-state index contributed by atoms with van der Waals surface area (Å²) in [5.74, 6) is -0.861. The first-order valence-corrected chi connectivity index (χ1v) is 7.43. The largest absolute Gasteiger partial charge is 0.442 e. The summed E-state index contributed by atoms with van der Waals surface area (Å²) in [6.45, 7) is 3.49. The number of hydrogen-bond acceptors (Lipinski definition) is 6. The molecule has 10 heteroatoms. The van der Waals surface area contributed by atoms with E-state index in [0.29, 0.717) is 17.1 Å². The number of nitrogens with zero attached hydrogens (tertiary/aromatic N) is 4. The quantitative estimate of drug-likeness (QED) is 0.893. The first-order chi connectivity index (χ1) is 10.2. The van der Waals surface area contributed by atoms with E-state index in [2.05, 4.69) is 20.3 Å². The molecular formula is C12H12F3N5OS. The molecule has 1 N–H and O–H groups in total. The van der Waals surface area contributed by atoms with Crippen LogP contribution in [0.5, 0.6) is 0 Å². The lowest BCUT2D eigenvalue weighted by Gasteiger charge is -2.28. The second-order valence-corrected chi connectivity index (χ2v) is 6.07. The van der Waals surface area contributed by atoms with Crippen molar-refractivity contribution in [3.05, 3.63) is 17.5 Å². The number of fused-ring (bicyclic) bond motifs is 1. The molecule has 1 unspecified atom stereocenters. The van der Waals surface area contributed by atoms with Crippen molar-refractivity contribution < 1.29 is 18.0 Å². The molecule has 1 fully saturated rings. The van der Waals surface area contributed by atoms with Crippen LogP contribution in [0.1, 0.15) is 11.4 Å². The minimum Gasteiger partial charge on any atom is -0.314 e. The van der Waals surface area contributed by atoms with Gasteiger partial charge in [0, 0.05) is 23.7 Å². The molecule has 1 aromatic heterocycles. The highest BCUT2D eigenvalue weighted by atomic mass is 32.2. The van der Waals surface area contributed by atoms with Crippen molar-refractivity contribution >= 4 is 28.8 Å². The Bertz CT molecular complexity index is 657. The van der Waals surface area contributed by atoms with Gasteiger partial charge in [0.25, 0.3) is 5.91 Å². The molecule has 0 saturated carbocycles. The van der Waals surface area contributed by atoms with E-state index in [4.69, 9.17) is 0 Å². The Morgan fingerprint density at radius 3 is 2.50 bits per heavy atom. The molecule has 118 valence electrons. The zero-order valence-corrected chi connectivity index (χ0v) is 12.5. The Hall–Kier alpha value is -1.84. The summed E-state index contributed by atoms with van der Waals surface area (Å²) in [6, 6.07) is 1.63. The molecule has 1 saturated heterocycles. The van der Waals surface area contributed by atoms with Crippen LogP contribution in [0.25, 0.3) is 0 Å². The van der Waals surface area contributed by atoms with Gasteiger partial charge in [-0.3, -0.25) is 9.69 Å². The molecule has 1 atom stereocenters. The van der Waals surface area contributed by atoms with Gasteiger partial charge in [0.2, 0.25) is 5.95 Å². The van der Waals surface area contributed by atoms with Gasteiger partial charge in [0.1, 0.15) is 0 Å². The maximum Gasteiger partial charge on any atom is 0.442 e. The van der Waals surface area contributed by atoms with Crippen LogP contribution in [0.3, 0.4) is 0 Å². The lowest BCUT2D eigenvalue weighted by molar-refractivity contribution is -0.185. The van der Waals surface area contributed by atoms with Crippen LogP contribution >= 0.6 is 11.8 Å². The monoisotopic (exact) mass is 331 g/mol. The van der Waals surface area contributed by atoms with Crippen molar-refractivity contribution in [1.29, 1.82) is 0 Å². The van der Waals surface area contributed by atoms with Crippen LogP contribution in [-0.4, -0.2) is 50.1 Å². The molecule has 1 amide bonds. The van der Waals surface area contributed by atoms with Gasteiger partial charge in [-0.1, -0.05) is 11.8 Å². The first-order valence-electron chi connectivity index (χ1n) is 6.45. The number of amidine groups is 1. The lowest BCUT2D eigenvalue weighted by atomic mass is 10.1. The van der Waals surface area contributed by atoms with Gasteiger partial charge in [0.05, 0.1) is 0 Å². The lowest BCUT2D eigenvalue weighted by Crippen LogP contribution is -2.58. The van der Waals surface area contributed by atoms with E-state index in [0.717, 1.165) is 16.7 Å². The minimum atomic E-state index is -4.90. The summed E-state index contributed by atoms with van der Waals surface area (Å²) in [4.78, 5) is 24.8. The highest BCUT2D eigenvalue weighted by Crippen LogP contribution is 2.42. The van der Waals surface area contributed by atoms with Crippen molar-refractivity contribution in [1.82, 2.24) is 14.9 Å². The fourth-order valence-electron chi connectivity index (χ4n) is 2.35. The molecule has 2 aliphatic rings. The van der Waals surface area contributed by atoms with E-state index in [-0.39, 0.29) is 17.7 Å². The van der Waals surface area contributed by atoms with Gasteiger partial charge in [-0.2, -0.15) is 13.2 Å². The third-order valence-corrected chi connectivity index (χ3v) is 4.24. The maximum atomic E-state index is 13.6. The second kappa shape index (κ2) is 4.83. The van der Waals surface area contributed by atoms with Crippen molar-refractivity contribution in [3.63, 3.8) is 0 Å². The number of aromatic nitrogens is 2. The zero-order chi connectivity index (χ0) is 16.1. The average Bonchev–Trinajstić information content (AvgIpc) is 2.90. The Labute approximate surface area is 128 Å². The molecule has 0 bridgehead atoms. The van der Waals surface area contributed by atoms with Gasteiger partial charge in [-0.25, -0.2) is 15.0 Å². The van der Waals surface area contributed by atoms with E-state index in [1.807, 2.05) is 0 Å². The molecule has 6 nitrogen and oxygen atoms in total. The molecule has 0 radical (unpaired) electrons. The van der Waals surface area contributed by atoms with Crippen molar-refractivity contribution in [2.75, 3.05) is 17.6 Å². The van der Waals surface area contributed by atoms with Crippen LogP contribution < -0.4 is 5.32 Å². The fraction of sp³-hybridized carbons (Fsp3) is 0.500. The number of alkyl halides is 3. The summed E-state index contributed by atoms with van der Waals surface area (Å²) >= 11 is 1.13. The molecule has 3 heterocycles. The van der Waals surface area contributed by atoms with Gasteiger partial charge >= 0.3 is 11.8 Å². The number of halogens is 3. The smallest absolute Gasteiger partial charge is 0.314 e. The SMILES string of the molecule is Cc1cc(C)nc(NC2(C(F)(F)F)N=C3SCCN3C2=O)n1. The van der Waals surface area contributed by atoms with Crippen LogP contribution in [-0.2, 0) is 4.79 Å². The Balaban J connectivity index is 2.05. The third-order valence-electron chi connectivity index (χ3n) is 3.28. The molecule has 0 spiro atoms. The van der Waals surface area contributed by atoms with Crippen molar-refractivity contribution in [3.8, 4) is 0 Å². The number of carbonyl (C=O) groups excluding carboxylic acids is 1. The van der Waals surface area contributed by atoms with Crippen LogP contribution in [0, 0.1) is 13.8 Å². The summed E-state index contributed by atoms with van der Waals surface area (Å²) < 4.78 is 40.7.